The Morgan fingerprint density at radius 3 is 2.20 bits per heavy atom. The number of amides is 1. The van der Waals surface area contributed by atoms with Crippen molar-refractivity contribution in [3.05, 3.63) is 105 Å². The van der Waals surface area contributed by atoms with Crippen molar-refractivity contribution in [2.24, 2.45) is 5.92 Å². The molecule has 1 saturated heterocycles. The zero-order valence-electron chi connectivity index (χ0n) is 26.9. The Morgan fingerprint density at radius 1 is 0.935 bits per heavy atom. The van der Waals surface area contributed by atoms with Crippen molar-refractivity contribution in [3.63, 3.8) is 0 Å². The van der Waals surface area contributed by atoms with Gasteiger partial charge in [0.2, 0.25) is 5.91 Å². The number of ketones is 1. The van der Waals surface area contributed by atoms with Gasteiger partial charge in [0.05, 0.1) is 4.88 Å². The predicted molar refractivity (Wildman–Crippen MR) is 184 cm³/mol. The van der Waals surface area contributed by atoms with Crippen LogP contribution in [0.1, 0.15) is 83.8 Å². The number of carboxylic acids is 1. The van der Waals surface area contributed by atoms with Gasteiger partial charge in [-0.25, -0.2) is 14.8 Å². The Balaban J connectivity index is 1.30. The summed E-state index contributed by atoms with van der Waals surface area (Å²) in [4.78, 5) is 51.4. The van der Waals surface area contributed by atoms with Crippen LogP contribution in [0.3, 0.4) is 0 Å². The van der Waals surface area contributed by atoms with Crippen LogP contribution in [0.2, 0.25) is 0 Å². The van der Waals surface area contributed by atoms with Gasteiger partial charge in [0.15, 0.2) is 11.6 Å². The first-order valence-corrected chi connectivity index (χ1v) is 16.7. The fourth-order valence-corrected chi connectivity index (χ4v) is 6.70. The minimum Gasteiger partial charge on any atom is -0.480 e. The van der Waals surface area contributed by atoms with E-state index in [0.29, 0.717) is 36.5 Å². The molecule has 1 aliphatic heterocycles. The van der Waals surface area contributed by atoms with Crippen LogP contribution < -0.4 is 0 Å². The summed E-state index contributed by atoms with van der Waals surface area (Å²) < 4.78 is 0. The first-order valence-electron chi connectivity index (χ1n) is 15.9. The van der Waals surface area contributed by atoms with E-state index in [1.54, 1.807) is 12.4 Å². The van der Waals surface area contributed by atoms with E-state index in [0.717, 1.165) is 33.6 Å². The van der Waals surface area contributed by atoms with E-state index in [2.05, 4.69) is 61.9 Å². The monoisotopic (exact) mass is 635 g/mol. The summed E-state index contributed by atoms with van der Waals surface area (Å²) in [6, 6.07) is 19.1. The van der Waals surface area contributed by atoms with Crippen molar-refractivity contribution >= 4 is 41.1 Å². The molecule has 1 fully saturated rings. The van der Waals surface area contributed by atoms with Crippen LogP contribution >= 0.6 is 11.3 Å². The lowest BCUT2D eigenvalue weighted by Gasteiger charge is -2.26. The Hall–Kier alpha value is -4.43. The zero-order valence-corrected chi connectivity index (χ0v) is 27.7. The van der Waals surface area contributed by atoms with Crippen LogP contribution in [0.15, 0.2) is 73.1 Å². The third-order valence-electron chi connectivity index (χ3n) is 8.44. The lowest BCUT2D eigenvalue weighted by Crippen LogP contribution is -2.44. The molecule has 2 aromatic carbocycles. The molecule has 1 amide bonds. The molecule has 0 unspecified atom stereocenters. The molecule has 4 aromatic rings. The van der Waals surface area contributed by atoms with Crippen molar-refractivity contribution < 1.29 is 19.5 Å². The highest BCUT2D eigenvalue weighted by molar-refractivity contribution is 7.14. The number of nitrogens with zero attached hydrogens (tertiary/aromatic N) is 3. The molecule has 2 atom stereocenters. The van der Waals surface area contributed by atoms with E-state index in [9.17, 15) is 19.5 Å². The summed E-state index contributed by atoms with van der Waals surface area (Å²) in [7, 11) is 0. The molecule has 0 aliphatic carbocycles. The second-order valence-electron chi connectivity index (χ2n) is 12.9. The van der Waals surface area contributed by atoms with Gasteiger partial charge in [-0.15, -0.1) is 11.3 Å². The van der Waals surface area contributed by atoms with Gasteiger partial charge < -0.3 is 10.0 Å². The van der Waals surface area contributed by atoms with Crippen LogP contribution in [0, 0.1) is 5.92 Å². The number of aryl methyl sites for hydroxylation is 1. The van der Waals surface area contributed by atoms with Crippen LogP contribution in [0.4, 0.5) is 0 Å². The van der Waals surface area contributed by atoms with Crippen LogP contribution in [0.25, 0.3) is 23.5 Å². The van der Waals surface area contributed by atoms with Crippen LogP contribution in [0.5, 0.6) is 0 Å². The minimum atomic E-state index is -1.000. The molecule has 2 aromatic heterocycles. The van der Waals surface area contributed by atoms with E-state index >= 15 is 0 Å². The number of hydrogen-bond acceptors (Lipinski definition) is 6. The number of carbonyl (C=O) groups is 3. The first-order chi connectivity index (χ1) is 22.0. The van der Waals surface area contributed by atoms with E-state index in [1.165, 1.54) is 21.8 Å². The smallest absolute Gasteiger partial charge is 0.326 e. The molecule has 5 rings (SSSR count). The number of aliphatic carboxylic acids is 1. The van der Waals surface area contributed by atoms with Crippen molar-refractivity contribution in [2.45, 2.75) is 71.3 Å². The molecular weight excluding hydrogens is 595 g/mol. The second kappa shape index (κ2) is 14.3. The number of benzene rings is 2. The number of carboxylic acid groups (broad SMARTS) is 1. The number of aromatic nitrogens is 2. The summed E-state index contributed by atoms with van der Waals surface area (Å²) in [6.07, 6.45) is 10.0. The molecule has 8 heteroatoms. The highest BCUT2D eigenvalue weighted by Gasteiger charge is 2.38. The average molecular weight is 636 g/mol. The number of hydrogen-bond donors (Lipinski definition) is 1. The van der Waals surface area contributed by atoms with Crippen LogP contribution in [-0.4, -0.2) is 50.2 Å². The molecule has 1 aliphatic rings. The molecule has 0 bridgehead atoms. The topological polar surface area (TPSA) is 100 Å². The van der Waals surface area contributed by atoms with Gasteiger partial charge in [-0.05, 0) is 59.9 Å². The van der Waals surface area contributed by atoms with E-state index in [4.69, 9.17) is 0 Å². The number of rotatable bonds is 11. The molecule has 46 heavy (non-hydrogen) atoms. The highest BCUT2D eigenvalue weighted by Crippen LogP contribution is 2.32. The summed E-state index contributed by atoms with van der Waals surface area (Å²) in [5.41, 5.74) is 4.96. The summed E-state index contributed by atoms with van der Waals surface area (Å²) in [5, 5.41) is 9.72. The fraction of sp³-hybridized carbons (Fsp3) is 0.342. The second-order valence-corrected chi connectivity index (χ2v) is 14.0. The minimum absolute atomic E-state index is 0.0222. The van der Waals surface area contributed by atoms with E-state index < -0.39 is 17.9 Å². The normalized spacial score (nSPS) is 15.7. The third-order valence-corrected chi connectivity index (χ3v) is 10.00. The fourth-order valence-electron chi connectivity index (χ4n) is 5.69. The summed E-state index contributed by atoms with van der Waals surface area (Å²) in [6.45, 7) is 8.84. The summed E-state index contributed by atoms with van der Waals surface area (Å²) >= 11 is 1.46. The lowest BCUT2D eigenvalue weighted by atomic mass is 9.91. The zero-order chi connectivity index (χ0) is 32.8. The van der Waals surface area contributed by atoms with Crippen molar-refractivity contribution in [1.29, 1.82) is 0 Å². The van der Waals surface area contributed by atoms with Crippen LogP contribution in [-0.2, 0) is 27.8 Å². The SMILES string of the molecule is CCc1ccc(/C=C/c2cnc(-c3ccc(C[C@H](CC(=O)c4ccc(C(C)(C)C)s4)C(=O)N4CCC[C@H]4C(=O)O)cc3)nc2)cc1. The summed E-state index contributed by atoms with van der Waals surface area (Å²) in [5.74, 6) is -1.45. The molecule has 7 nitrogen and oxygen atoms in total. The van der Waals surface area contributed by atoms with Crippen molar-refractivity contribution in [1.82, 2.24) is 14.9 Å². The molecule has 0 saturated carbocycles. The van der Waals surface area contributed by atoms with Gasteiger partial charge in [0.1, 0.15) is 6.04 Å². The number of thiophene rings is 1. The molecule has 0 spiro atoms. The first kappa shape index (κ1) is 32.9. The standard InChI is InChI=1S/C38H41N3O4S/c1-5-25-8-10-26(11-9-25)12-13-28-23-39-35(40-24-28)29-16-14-27(15-17-29)21-30(36(43)41-20-6-7-31(41)37(44)45)22-32(42)33-18-19-34(46-33)38(2,3)4/h8-19,23-24,30-31H,5-7,20-22H2,1-4H3,(H,44,45)/b13-12+/t30-,31+/m1/s1. The maximum atomic E-state index is 13.8. The maximum absolute atomic E-state index is 13.8. The van der Waals surface area contributed by atoms with Gasteiger partial charge in [-0.3, -0.25) is 9.59 Å². The molecule has 0 radical (unpaired) electrons. The van der Waals surface area contributed by atoms with Crippen molar-refractivity contribution in [3.8, 4) is 11.4 Å². The Labute approximate surface area is 275 Å². The number of carbonyl (C=O) groups excluding carboxylic acids is 2. The van der Waals surface area contributed by atoms with E-state index in [-0.39, 0.29) is 23.5 Å². The third kappa shape index (κ3) is 8.04. The lowest BCUT2D eigenvalue weighted by molar-refractivity contribution is -0.149. The largest absolute Gasteiger partial charge is 0.480 e. The quantitative estimate of drug-likeness (QED) is 0.169. The highest BCUT2D eigenvalue weighted by atomic mass is 32.1. The maximum Gasteiger partial charge on any atom is 0.326 e. The van der Waals surface area contributed by atoms with Gasteiger partial charge in [-0.2, -0.15) is 0 Å². The van der Waals surface area contributed by atoms with E-state index in [1.807, 2.05) is 48.6 Å². The average Bonchev–Trinajstić information content (AvgIpc) is 3.75. The Bertz CT molecular complexity index is 1700. The molecule has 3 heterocycles. The predicted octanol–water partition coefficient (Wildman–Crippen LogP) is 7.74. The van der Waals surface area contributed by atoms with Gasteiger partial charge in [0, 0.05) is 47.3 Å². The Morgan fingerprint density at radius 2 is 1.59 bits per heavy atom. The molecule has 238 valence electrons. The number of Topliss-reactive ketones (excluding diaryl/α,β-unsaturated/α-hetero) is 1. The van der Waals surface area contributed by atoms with Gasteiger partial charge in [-0.1, -0.05) is 88.4 Å². The number of likely N-dealkylation sites (tertiary alicyclic amines) is 1. The van der Waals surface area contributed by atoms with Gasteiger partial charge >= 0.3 is 5.97 Å². The molecule has 1 N–H and O–H groups in total. The molecular formula is C38H41N3O4S. The Kier molecular flexibility index (Phi) is 10.3. The van der Waals surface area contributed by atoms with Crippen molar-refractivity contribution in [2.75, 3.05) is 6.54 Å². The van der Waals surface area contributed by atoms with Gasteiger partial charge in [0.25, 0.3) is 0 Å².